The second-order valence-corrected chi connectivity index (χ2v) is 2.52. The first kappa shape index (κ1) is 9.27. The van der Waals surface area contributed by atoms with Gasteiger partial charge < -0.3 is 9.53 Å². The zero-order valence-corrected chi connectivity index (χ0v) is 7.23. The number of hydrogen-bond donors (Lipinski definition) is 0. The number of aldehydes is 1. The standard InChI is InChI=1S/C10H9NO2/c1-13-10-4-2-3-8(5-10)9(6-11)7-12/h2-5,7,9H,1H3/t9-/m1/s1. The molecule has 0 aliphatic rings. The summed E-state index contributed by atoms with van der Waals surface area (Å²) in [6.07, 6.45) is 0.620. The number of ether oxygens (including phenoxy) is 1. The summed E-state index contributed by atoms with van der Waals surface area (Å²) in [5, 5.41) is 8.62. The molecule has 1 aromatic rings. The molecule has 0 spiro atoms. The predicted molar refractivity (Wildman–Crippen MR) is 47.4 cm³/mol. The summed E-state index contributed by atoms with van der Waals surface area (Å²) in [6.45, 7) is 0. The molecule has 66 valence electrons. The van der Waals surface area contributed by atoms with Crippen molar-refractivity contribution in [2.75, 3.05) is 7.11 Å². The van der Waals surface area contributed by atoms with E-state index in [9.17, 15) is 4.79 Å². The summed E-state index contributed by atoms with van der Waals surface area (Å²) in [5.41, 5.74) is 0.664. The van der Waals surface area contributed by atoms with Crippen molar-refractivity contribution in [1.29, 1.82) is 5.26 Å². The Labute approximate surface area is 76.6 Å². The van der Waals surface area contributed by atoms with Gasteiger partial charge in [-0.1, -0.05) is 12.1 Å². The van der Waals surface area contributed by atoms with Gasteiger partial charge in [-0.3, -0.25) is 0 Å². The van der Waals surface area contributed by atoms with Crippen LogP contribution < -0.4 is 4.74 Å². The van der Waals surface area contributed by atoms with E-state index in [2.05, 4.69) is 0 Å². The van der Waals surface area contributed by atoms with E-state index in [0.29, 0.717) is 17.6 Å². The van der Waals surface area contributed by atoms with Crippen molar-refractivity contribution in [2.45, 2.75) is 5.92 Å². The first-order chi connectivity index (χ1) is 6.31. The van der Waals surface area contributed by atoms with Crippen LogP contribution in [0.2, 0.25) is 0 Å². The first-order valence-electron chi connectivity index (χ1n) is 3.80. The molecule has 0 aliphatic carbocycles. The van der Waals surface area contributed by atoms with Gasteiger partial charge in [0.15, 0.2) is 0 Å². The minimum Gasteiger partial charge on any atom is -0.497 e. The fourth-order valence-corrected chi connectivity index (χ4v) is 1.02. The molecule has 3 nitrogen and oxygen atoms in total. The Balaban J connectivity index is 3.01. The first-order valence-corrected chi connectivity index (χ1v) is 3.80. The summed E-state index contributed by atoms with van der Waals surface area (Å²) in [5.74, 6) is -0.0466. The Bertz CT molecular complexity index is 341. The van der Waals surface area contributed by atoms with Gasteiger partial charge in [-0.25, -0.2) is 0 Å². The number of nitriles is 1. The van der Waals surface area contributed by atoms with E-state index in [0.717, 1.165) is 0 Å². The highest BCUT2D eigenvalue weighted by atomic mass is 16.5. The number of carbonyl (C=O) groups is 1. The lowest BCUT2D eigenvalue weighted by Crippen LogP contribution is -1.96. The van der Waals surface area contributed by atoms with Crippen LogP contribution in [0.1, 0.15) is 11.5 Å². The molecular weight excluding hydrogens is 166 g/mol. The smallest absolute Gasteiger partial charge is 0.141 e. The minimum absolute atomic E-state index is 0.620. The Morgan fingerprint density at radius 2 is 2.38 bits per heavy atom. The second-order valence-electron chi connectivity index (χ2n) is 2.52. The van der Waals surface area contributed by atoms with Gasteiger partial charge in [-0.2, -0.15) is 5.26 Å². The third-order valence-corrected chi connectivity index (χ3v) is 1.73. The summed E-state index contributed by atoms with van der Waals surface area (Å²) in [4.78, 5) is 10.5. The number of rotatable bonds is 3. The molecule has 0 unspecified atom stereocenters. The monoisotopic (exact) mass is 175 g/mol. The molecule has 0 fully saturated rings. The zero-order valence-electron chi connectivity index (χ0n) is 7.23. The molecule has 0 saturated carbocycles. The summed E-state index contributed by atoms with van der Waals surface area (Å²) < 4.78 is 4.97. The number of methoxy groups -OCH3 is 1. The maximum Gasteiger partial charge on any atom is 0.141 e. The van der Waals surface area contributed by atoms with E-state index in [4.69, 9.17) is 10.00 Å². The van der Waals surface area contributed by atoms with Crippen LogP contribution in [0.5, 0.6) is 5.75 Å². The van der Waals surface area contributed by atoms with Crippen LogP contribution in [-0.2, 0) is 4.79 Å². The molecule has 0 N–H and O–H groups in total. The molecule has 0 amide bonds. The second kappa shape index (κ2) is 4.27. The van der Waals surface area contributed by atoms with Crippen molar-refractivity contribution in [3.05, 3.63) is 29.8 Å². The van der Waals surface area contributed by atoms with E-state index < -0.39 is 5.92 Å². The highest BCUT2D eigenvalue weighted by molar-refractivity contribution is 5.66. The molecule has 1 rings (SSSR count). The molecule has 1 aromatic carbocycles. The van der Waals surface area contributed by atoms with Crippen molar-refractivity contribution in [3.63, 3.8) is 0 Å². The normalized spacial score (nSPS) is 11.4. The van der Waals surface area contributed by atoms with Gasteiger partial charge in [0.05, 0.1) is 13.2 Å². The van der Waals surface area contributed by atoms with Gasteiger partial charge in [0.2, 0.25) is 0 Å². The quantitative estimate of drug-likeness (QED) is 0.654. The molecule has 0 bridgehead atoms. The lowest BCUT2D eigenvalue weighted by molar-refractivity contribution is -0.108. The maximum absolute atomic E-state index is 10.5. The Morgan fingerprint density at radius 3 is 2.92 bits per heavy atom. The molecular formula is C10H9NO2. The van der Waals surface area contributed by atoms with Gasteiger partial charge in [0.1, 0.15) is 18.0 Å². The lowest BCUT2D eigenvalue weighted by Gasteiger charge is -2.03. The van der Waals surface area contributed by atoms with Crippen LogP contribution in [-0.4, -0.2) is 13.4 Å². The van der Waals surface area contributed by atoms with Gasteiger partial charge in [-0.15, -0.1) is 0 Å². The molecule has 0 aromatic heterocycles. The lowest BCUT2D eigenvalue weighted by atomic mass is 10.0. The van der Waals surface area contributed by atoms with Crippen LogP contribution in [0.15, 0.2) is 24.3 Å². The summed E-state index contributed by atoms with van der Waals surface area (Å²) >= 11 is 0. The van der Waals surface area contributed by atoms with Crippen molar-refractivity contribution >= 4 is 6.29 Å². The number of carbonyl (C=O) groups excluding carboxylic acids is 1. The third kappa shape index (κ3) is 2.06. The SMILES string of the molecule is COc1cccc([C@H](C#N)C=O)c1. The van der Waals surface area contributed by atoms with Crippen molar-refractivity contribution < 1.29 is 9.53 Å². The van der Waals surface area contributed by atoms with Crippen molar-refractivity contribution in [3.8, 4) is 11.8 Å². The highest BCUT2D eigenvalue weighted by Crippen LogP contribution is 2.18. The van der Waals surface area contributed by atoms with Crippen molar-refractivity contribution in [1.82, 2.24) is 0 Å². The van der Waals surface area contributed by atoms with E-state index in [1.165, 1.54) is 0 Å². The van der Waals surface area contributed by atoms with Gasteiger partial charge >= 0.3 is 0 Å². The minimum atomic E-state index is -0.699. The molecule has 0 aliphatic heterocycles. The number of hydrogen-bond acceptors (Lipinski definition) is 3. The molecule has 3 heteroatoms. The molecule has 1 atom stereocenters. The van der Waals surface area contributed by atoms with Gasteiger partial charge in [-0.05, 0) is 17.7 Å². The van der Waals surface area contributed by atoms with Gasteiger partial charge in [0.25, 0.3) is 0 Å². The molecule has 0 saturated heterocycles. The zero-order chi connectivity index (χ0) is 9.68. The van der Waals surface area contributed by atoms with E-state index in [1.54, 1.807) is 31.4 Å². The van der Waals surface area contributed by atoms with Crippen LogP contribution in [0, 0.1) is 11.3 Å². The average Bonchev–Trinajstić information content (AvgIpc) is 2.20. The third-order valence-electron chi connectivity index (χ3n) is 1.73. The van der Waals surface area contributed by atoms with Crippen LogP contribution in [0.3, 0.4) is 0 Å². The topological polar surface area (TPSA) is 50.1 Å². The van der Waals surface area contributed by atoms with Gasteiger partial charge in [0, 0.05) is 0 Å². The highest BCUT2D eigenvalue weighted by Gasteiger charge is 2.08. The van der Waals surface area contributed by atoms with Crippen LogP contribution in [0.4, 0.5) is 0 Å². The Morgan fingerprint density at radius 1 is 1.62 bits per heavy atom. The summed E-state index contributed by atoms with van der Waals surface area (Å²) in [6, 6.07) is 8.82. The number of benzene rings is 1. The Kier molecular flexibility index (Phi) is 3.04. The largest absolute Gasteiger partial charge is 0.497 e. The van der Waals surface area contributed by atoms with Crippen molar-refractivity contribution in [2.24, 2.45) is 0 Å². The average molecular weight is 175 g/mol. The van der Waals surface area contributed by atoms with E-state index >= 15 is 0 Å². The van der Waals surface area contributed by atoms with Crippen LogP contribution >= 0.6 is 0 Å². The molecule has 0 heterocycles. The predicted octanol–water partition coefficient (Wildman–Crippen LogP) is 1.50. The number of nitrogens with zero attached hydrogens (tertiary/aromatic N) is 1. The summed E-state index contributed by atoms with van der Waals surface area (Å²) in [7, 11) is 1.54. The molecule has 0 radical (unpaired) electrons. The van der Waals surface area contributed by atoms with E-state index in [-0.39, 0.29) is 0 Å². The molecule has 13 heavy (non-hydrogen) atoms. The fraction of sp³-hybridized carbons (Fsp3) is 0.200. The Hall–Kier alpha value is -1.82. The van der Waals surface area contributed by atoms with E-state index in [1.807, 2.05) is 6.07 Å². The van der Waals surface area contributed by atoms with Crippen LogP contribution in [0.25, 0.3) is 0 Å². The fourth-order valence-electron chi connectivity index (χ4n) is 1.02. The maximum atomic E-state index is 10.5.